The lowest BCUT2D eigenvalue weighted by Gasteiger charge is -2.23. The van der Waals surface area contributed by atoms with E-state index >= 15 is 0 Å². The summed E-state index contributed by atoms with van der Waals surface area (Å²) in [6.45, 7) is 6.59. The number of anilines is 2. The topological polar surface area (TPSA) is 182 Å². The Balaban J connectivity index is 2.34. The molecule has 5 N–H and O–H groups in total. The number of benzene rings is 1. The Bertz CT molecular complexity index is 1240. The third kappa shape index (κ3) is 6.92. The quantitative estimate of drug-likeness (QED) is 0.152. The van der Waals surface area contributed by atoms with E-state index in [0.717, 1.165) is 33.6 Å². The lowest BCUT2D eigenvalue weighted by atomic mass is 10.2. The van der Waals surface area contributed by atoms with Crippen LogP contribution in [0.3, 0.4) is 0 Å². The SMILES string of the molecule is CPN(c1scnc1C(=O)OC(C)(C)C)S(=O)(=O)c1ccc(NC(=O)/C=N/N=C(N)N)c(F)c1. The van der Waals surface area contributed by atoms with Crippen molar-refractivity contribution in [3.8, 4) is 0 Å². The molecule has 0 spiro atoms. The molecule has 1 atom stereocenters. The number of nitrogens with one attached hydrogen (secondary N) is 1. The number of amides is 1. The zero-order valence-electron chi connectivity index (χ0n) is 18.6. The van der Waals surface area contributed by atoms with Crippen molar-refractivity contribution in [3.63, 3.8) is 0 Å². The number of thiazole rings is 1. The number of nitrogens with two attached hydrogens (primary N) is 2. The van der Waals surface area contributed by atoms with E-state index in [0.29, 0.717) is 6.21 Å². The van der Waals surface area contributed by atoms with Gasteiger partial charge in [0.05, 0.1) is 16.1 Å². The molecule has 0 saturated carbocycles. The summed E-state index contributed by atoms with van der Waals surface area (Å²) in [5.74, 6) is -3.01. The molecule has 0 radical (unpaired) electrons. The second-order valence-corrected chi connectivity index (χ2v) is 11.2. The summed E-state index contributed by atoms with van der Waals surface area (Å²) in [7, 11) is -4.63. The van der Waals surface area contributed by atoms with E-state index in [2.05, 4.69) is 20.5 Å². The Labute approximate surface area is 201 Å². The van der Waals surface area contributed by atoms with E-state index in [1.165, 1.54) is 5.51 Å². The minimum atomic E-state index is -4.28. The third-order valence-electron chi connectivity index (χ3n) is 3.61. The summed E-state index contributed by atoms with van der Waals surface area (Å²) in [5.41, 5.74) is 10.2. The third-order valence-corrected chi connectivity index (χ3v) is 8.11. The maximum absolute atomic E-state index is 14.6. The monoisotopic (exact) mass is 531 g/mol. The van der Waals surface area contributed by atoms with Crippen LogP contribution in [0.2, 0.25) is 0 Å². The van der Waals surface area contributed by atoms with Crippen molar-refractivity contribution in [2.75, 3.05) is 16.1 Å². The lowest BCUT2D eigenvalue weighted by molar-refractivity contribution is -0.110. The van der Waals surface area contributed by atoms with Crippen LogP contribution in [0.1, 0.15) is 31.3 Å². The Hall–Kier alpha value is -3.16. The number of ether oxygens (including phenoxy) is 1. The fourth-order valence-electron chi connectivity index (χ4n) is 2.36. The molecule has 0 aliphatic rings. The number of sulfonamides is 1. The highest BCUT2D eigenvalue weighted by Crippen LogP contribution is 2.38. The minimum absolute atomic E-state index is 0.0452. The lowest BCUT2D eigenvalue weighted by Crippen LogP contribution is -2.27. The standard InChI is InChI=1S/C18H23FN7O5PS2/c1-18(2,3)31-16(28)14-15(33-9-22-14)26(32-4)34(29,30)10-5-6-12(11(19)7-10)24-13(27)8-23-25-17(20)21/h5-9,32H,1-4H3,(H,24,27)(H4,20,21,25)/b23-8+. The second-order valence-electron chi connectivity index (χ2n) is 7.40. The van der Waals surface area contributed by atoms with Gasteiger partial charge in [-0.25, -0.2) is 26.7 Å². The molecule has 1 aromatic carbocycles. The van der Waals surface area contributed by atoms with Crippen LogP contribution in [0, 0.1) is 5.82 Å². The van der Waals surface area contributed by atoms with Crippen LogP contribution in [0.25, 0.3) is 0 Å². The van der Waals surface area contributed by atoms with Gasteiger partial charge < -0.3 is 21.5 Å². The highest BCUT2D eigenvalue weighted by Gasteiger charge is 2.32. The van der Waals surface area contributed by atoms with E-state index < -0.39 is 38.2 Å². The van der Waals surface area contributed by atoms with Crippen molar-refractivity contribution in [3.05, 3.63) is 35.2 Å². The highest BCUT2D eigenvalue weighted by atomic mass is 32.2. The molecule has 184 valence electrons. The fraction of sp³-hybridized carbons (Fsp3) is 0.278. The van der Waals surface area contributed by atoms with Crippen LogP contribution in [-0.4, -0.2) is 49.7 Å². The van der Waals surface area contributed by atoms with Gasteiger partial charge in [-0.15, -0.1) is 21.5 Å². The first-order valence-electron chi connectivity index (χ1n) is 9.38. The largest absolute Gasteiger partial charge is 0.455 e. The average molecular weight is 532 g/mol. The van der Waals surface area contributed by atoms with Crippen molar-refractivity contribution in [1.82, 2.24) is 4.98 Å². The molecule has 0 saturated heterocycles. The van der Waals surface area contributed by atoms with Crippen LogP contribution in [0.4, 0.5) is 15.1 Å². The first kappa shape index (κ1) is 27.1. The molecule has 12 nitrogen and oxygen atoms in total. The van der Waals surface area contributed by atoms with E-state index in [4.69, 9.17) is 16.2 Å². The fourth-order valence-corrected chi connectivity index (χ4v) is 6.41. The smallest absolute Gasteiger partial charge is 0.360 e. The molecule has 2 rings (SSSR count). The van der Waals surface area contributed by atoms with E-state index in [9.17, 15) is 22.4 Å². The number of aromatic nitrogens is 1. The molecule has 1 heterocycles. The number of halogens is 1. The molecular formula is C18H23FN7O5PS2. The first-order valence-corrected chi connectivity index (χ1v) is 13.1. The van der Waals surface area contributed by atoms with Crippen molar-refractivity contribution >= 4 is 64.8 Å². The van der Waals surface area contributed by atoms with E-state index in [-0.39, 0.29) is 31.1 Å². The van der Waals surface area contributed by atoms with Crippen LogP contribution < -0.4 is 20.9 Å². The number of nitrogens with zero attached hydrogens (tertiary/aromatic N) is 4. The number of rotatable bonds is 8. The van der Waals surface area contributed by atoms with Crippen LogP contribution in [0.15, 0.2) is 38.8 Å². The Morgan fingerprint density at radius 3 is 2.56 bits per heavy atom. The van der Waals surface area contributed by atoms with Gasteiger partial charge in [0.1, 0.15) is 22.6 Å². The predicted octanol–water partition coefficient (Wildman–Crippen LogP) is 1.85. The molecule has 0 aliphatic carbocycles. The van der Waals surface area contributed by atoms with Gasteiger partial charge in [0, 0.05) is 0 Å². The highest BCUT2D eigenvalue weighted by molar-refractivity contribution is 7.98. The summed E-state index contributed by atoms with van der Waals surface area (Å²) < 4.78 is 47.4. The number of hydrogen-bond donors (Lipinski definition) is 3. The molecular weight excluding hydrogens is 508 g/mol. The van der Waals surface area contributed by atoms with Crippen LogP contribution >= 0.6 is 20.1 Å². The number of guanidine groups is 1. The molecule has 1 unspecified atom stereocenters. The maximum atomic E-state index is 14.6. The summed E-state index contributed by atoms with van der Waals surface area (Å²) in [4.78, 5) is 27.9. The zero-order chi connectivity index (χ0) is 25.7. The van der Waals surface area contributed by atoms with Crippen molar-refractivity contribution < 1.29 is 27.1 Å². The molecule has 0 fully saturated rings. The summed E-state index contributed by atoms with van der Waals surface area (Å²) in [6, 6.07) is 2.94. The average Bonchev–Trinajstić information content (AvgIpc) is 3.17. The van der Waals surface area contributed by atoms with Gasteiger partial charge in [-0.05, 0) is 54.4 Å². The Morgan fingerprint density at radius 1 is 1.32 bits per heavy atom. The Morgan fingerprint density at radius 2 is 2.00 bits per heavy atom. The predicted molar refractivity (Wildman–Crippen MR) is 131 cm³/mol. The molecule has 0 bridgehead atoms. The normalized spacial score (nSPS) is 12.1. The minimum Gasteiger partial charge on any atom is -0.455 e. The van der Waals surface area contributed by atoms with Crippen molar-refractivity contribution in [2.24, 2.45) is 21.7 Å². The summed E-state index contributed by atoms with van der Waals surface area (Å²) in [5, 5.41) is 8.76. The molecule has 2 aromatic rings. The number of carbonyl (C=O) groups excluding carboxylic acids is 2. The van der Waals surface area contributed by atoms with Gasteiger partial charge in [0.25, 0.3) is 15.9 Å². The van der Waals surface area contributed by atoms with Gasteiger partial charge in [-0.3, -0.25) is 4.79 Å². The van der Waals surface area contributed by atoms with Crippen molar-refractivity contribution in [2.45, 2.75) is 31.3 Å². The molecule has 1 amide bonds. The molecule has 34 heavy (non-hydrogen) atoms. The van der Waals surface area contributed by atoms with E-state index in [1.54, 1.807) is 27.4 Å². The van der Waals surface area contributed by atoms with Crippen LogP contribution in [0.5, 0.6) is 0 Å². The van der Waals surface area contributed by atoms with Gasteiger partial charge in [-0.2, -0.15) is 0 Å². The molecule has 0 aliphatic heterocycles. The van der Waals surface area contributed by atoms with Crippen LogP contribution in [-0.2, 0) is 19.6 Å². The number of esters is 1. The van der Waals surface area contributed by atoms with Gasteiger partial charge in [0.2, 0.25) is 5.96 Å². The zero-order valence-corrected chi connectivity index (χ0v) is 21.2. The molecule has 16 heteroatoms. The molecule has 1 aromatic heterocycles. The number of hydrogen-bond acceptors (Lipinski definition) is 9. The number of carbonyl (C=O) groups is 2. The van der Waals surface area contributed by atoms with E-state index in [1.807, 2.05) is 0 Å². The summed E-state index contributed by atoms with van der Waals surface area (Å²) in [6.07, 6.45) is 0.714. The van der Waals surface area contributed by atoms with Gasteiger partial charge in [0.15, 0.2) is 5.69 Å². The van der Waals surface area contributed by atoms with Gasteiger partial charge >= 0.3 is 5.97 Å². The van der Waals surface area contributed by atoms with Crippen molar-refractivity contribution in [1.29, 1.82) is 0 Å². The summed E-state index contributed by atoms with van der Waals surface area (Å²) >= 11 is 0.931. The first-order chi connectivity index (χ1) is 15.8. The Kier molecular flexibility index (Phi) is 8.64. The van der Waals surface area contributed by atoms with Gasteiger partial charge in [-0.1, -0.05) is 0 Å². The maximum Gasteiger partial charge on any atom is 0.360 e. The second kappa shape index (κ2) is 10.8.